The van der Waals surface area contributed by atoms with Crippen LogP contribution in [0, 0.1) is 0 Å². The molecule has 0 unspecified atom stereocenters. The highest BCUT2D eigenvalue weighted by Gasteiger charge is 2.38. The number of ketones is 1. The number of esters is 1. The lowest BCUT2D eigenvalue weighted by Crippen LogP contribution is -2.34. The van der Waals surface area contributed by atoms with Gasteiger partial charge in [0.2, 0.25) is 0 Å². The lowest BCUT2D eigenvalue weighted by molar-refractivity contribution is -0.138. The SMILES string of the molecule is CCOC(=O)C1=C(C)NC2=C(C(=O)CCC2)[C@@H]1c1ccc(SC)cc1. The molecule has 0 fully saturated rings. The van der Waals surface area contributed by atoms with Gasteiger partial charge in [-0.05, 0) is 50.6 Å². The van der Waals surface area contributed by atoms with Crippen LogP contribution in [0.1, 0.15) is 44.6 Å². The molecule has 0 radical (unpaired) electrons. The second kappa shape index (κ2) is 7.48. The van der Waals surface area contributed by atoms with Gasteiger partial charge in [-0.25, -0.2) is 4.79 Å². The van der Waals surface area contributed by atoms with E-state index in [-0.39, 0.29) is 17.7 Å². The van der Waals surface area contributed by atoms with Crippen LogP contribution in [0.4, 0.5) is 0 Å². The molecule has 0 saturated carbocycles. The van der Waals surface area contributed by atoms with Crippen molar-refractivity contribution < 1.29 is 14.3 Å². The first kappa shape index (κ1) is 17.8. The summed E-state index contributed by atoms with van der Waals surface area (Å²) >= 11 is 1.67. The molecule has 132 valence electrons. The lowest BCUT2D eigenvalue weighted by Gasteiger charge is -2.34. The van der Waals surface area contributed by atoms with Gasteiger partial charge in [-0.1, -0.05) is 12.1 Å². The number of rotatable bonds is 4. The summed E-state index contributed by atoms with van der Waals surface area (Å²) in [5.41, 5.74) is 3.99. The first-order chi connectivity index (χ1) is 12.1. The topological polar surface area (TPSA) is 55.4 Å². The molecule has 0 saturated heterocycles. The molecule has 1 aliphatic heterocycles. The number of dihydropyridines is 1. The average Bonchev–Trinajstić information content (AvgIpc) is 2.61. The zero-order chi connectivity index (χ0) is 18.0. The van der Waals surface area contributed by atoms with E-state index in [1.165, 1.54) is 0 Å². The van der Waals surface area contributed by atoms with E-state index in [0.717, 1.165) is 40.3 Å². The molecular formula is C20H23NO3S. The van der Waals surface area contributed by atoms with Crippen LogP contribution in [0.2, 0.25) is 0 Å². The molecular weight excluding hydrogens is 334 g/mol. The van der Waals surface area contributed by atoms with Crippen molar-refractivity contribution in [2.75, 3.05) is 12.9 Å². The Labute approximate surface area is 152 Å². The van der Waals surface area contributed by atoms with Crippen LogP contribution in [-0.4, -0.2) is 24.6 Å². The maximum atomic E-state index is 12.7. The molecule has 2 aliphatic rings. The highest BCUT2D eigenvalue weighted by molar-refractivity contribution is 7.98. The summed E-state index contributed by atoms with van der Waals surface area (Å²) in [5, 5.41) is 3.29. The van der Waals surface area contributed by atoms with Gasteiger partial charge in [-0.15, -0.1) is 11.8 Å². The summed E-state index contributed by atoms with van der Waals surface area (Å²) in [6.45, 7) is 3.99. The standard InChI is InChI=1S/C20H23NO3S/c1-4-24-20(23)17-12(2)21-15-6-5-7-16(22)19(15)18(17)13-8-10-14(25-3)11-9-13/h8-11,18,21H,4-7H2,1-3H3/t18-/m1/s1. The summed E-state index contributed by atoms with van der Waals surface area (Å²) < 4.78 is 5.29. The van der Waals surface area contributed by atoms with Crippen molar-refractivity contribution in [1.82, 2.24) is 5.32 Å². The number of ether oxygens (including phenoxy) is 1. The number of allylic oxidation sites excluding steroid dienone is 3. The minimum atomic E-state index is -0.351. The maximum absolute atomic E-state index is 12.7. The number of thioether (sulfide) groups is 1. The quantitative estimate of drug-likeness (QED) is 0.653. The van der Waals surface area contributed by atoms with Crippen LogP contribution < -0.4 is 5.32 Å². The average molecular weight is 357 g/mol. The molecule has 1 aromatic carbocycles. The molecule has 1 atom stereocenters. The van der Waals surface area contributed by atoms with Crippen LogP contribution in [-0.2, 0) is 14.3 Å². The van der Waals surface area contributed by atoms with Crippen LogP contribution in [0.5, 0.6) is 0 Å². The van der Waals surface area contributed by atoms with Crippen LogP contribution in [0.15, 0.2) is 51.7 Å². The van der Waals surface area contributed by atoms with Gasteiger partial charge in [0, 0.05) is 34.2 Å². The van der Waals surface area contributed by atoms with Gasteiger partial charge in [-0.2, -0.15) is 0 Å². The molecule has 0 spiro atoms. The number of hydrogen-bond donors (Lipinski definition) is 1. The van der Waals surface area contributed by atoms with Crippen molar-refractivity contribution in [3.8, 4) is 0 Å². The van der Waals surface area contributed by atoms with E-state index < -0.39 is 0 Å². The Balaban J connectivity index is 2.13. The van der Waals surface area contributed by atoms with E-state index in [4.69, 9.17) is 4.74 Å². The lowest BCUT2D eigenvalue weighted by atomic mass is 9.75. The minimum Gasteiger partial charge on any atom is -0.463 e. The summed E-state index contributed by atoms with van der Waals surface area (Å²) in [4.78, 5) is 26.5. The minimum absolute atomic E-state index is 0.127. The molecule has 1 aromatic rings. The van der Waals surface area contributed by atoms with Gasteiger partial charge in [0.25, 0.3) is 0 Å². The maximum Gasteiger partial charge on any atom is 0.336 e. The normalized spacial score (nSPS) is 20.3. The van der Waals surface area contributed by atoms with Gasteiger partial charge < -0.3 is 10.1 Å². The van der Waals surface area contributed by atoms with Crippen molar-refractivity contribution in [3.05, 3.63) is 52.4 Å². The summed E-state index contributed by atoms with van der Waals surface area (Å²) in [5.74, 6) is -0.572. The van der Waals surface area contributed by atoms with Gasteiger partial charge in [0.15, 0.2) is 5.78 Å². The van der Waals surface area contributed by atoms with Gasteiger partial charge in [-0.3, -0.25) is 4.79 Å². The summed E-state index contributed by atoms with van der Waals surface area (Å²) in [7, 11) is 0. The first-order valence-electron chi connectivity index (χ1n) is 8.62. The number of Topliss-reactive ketones (excluding diaryl/α,β-unsaturated/α-hetero) is 1. The molecule has 1 heterocycles. The Morgan fingerprint density at radius 3 is 2.64 bits per heavy atom. The Hall–Kier alpha value is -2.01. The van der Waals surface area contributed by atoms with Crippen molar-refractivity contribution in [1.29, 1.82) is 0 Å². The van der Waals surface area contributed by atoms with Crippen LogP contribution in [0.25, 0.3) is 0 Å². The third-order valence-corrected chi connectivity index (χ3v) is 5.46. The fourth-order valence-corrected chi connectivity index (χ4v) is 4.00. The van der Waals surface area contributed by atoms with Crippen LogP contribution >= 0.6 is 11.8 Å². The summed E-state index contributed by atoms with van der Waals surface area (Å²) in [6, 6.07) is 8.10. The van der Waals surface area contributed by atoms with Crippen molar-refractivity contribution in [3.63, 3.8) is 0 Å². The zero-order valence-electron chi connectivity index (χ0n) is 14.8. The fourth-order valence-electron chi connectivity index (χ4n) is 3.59. The predicted molar refractivity (Wildman–Crippen MR) is 99.3 cm³/mol. The number of benzene rings is 1. The smallest absolute Gasteiger partial charge is 0.336 e. The van der Waals surface area contributed by atoms with Gasteiger partial charge in [0.05, 0.1) is 12.2 Å². The van der Waals surface area contributed by atoms with E-state index in [1.54, 1.807) is 18.7 Å². The molecule has 1 N–H and O–H groups in total. The molecule has 0 bridgehead atoms. The Morgan fingerprint density at radius 1 is 1.28 bits per heavy atom. The molecule has 0 amide bonds. The number of carbonyl (C=O) groups is 2. The predicted octanol–water partition coefficient (Wildman–Crippen LogP) is 3.94. The summed E-state index contributed by atoms with van der Waals surface area (Å²) in [6.07, 6.45) is 4.26. The number of nitrogens with one attached hydrogen (secondary N) is 1. The van der Waals surface area contributed by atoms with Gasteiger partial charge in [0.1, 0.15) is 0 Å². The third kappa shape index (κ3) is 3.38. The molecule has 0 aromatic heterocycles. The Morgan fingerprint density at radius 2 is 2.00 bits per heavy atom. The number of hydrogen-bond acceptors (Lipinski definition) is 5. The fraction of sp³-hybridized carbons (Fsp3) is 0.400. The molecule has 25 heavy (non-hydrogen) atoms. The second-order valence-electron chi connectivity index (χ2n) is 6.26. The van der Waals surface area contributed by atoms with Gasteiger partial charge >= 0.3 is 5.97 Å². The zero-order valence-corrected chi connectivity index (χ0v) is 15.7. The molecule has 1 aliphatic carbocycles. The van der Waals surface area contributed by atoms with Crippen molar-refractivity contribution in [2.45, 2.75) is 43.9 Å². The highest BCUT2D eigenvalue weighted by Crippen LogP contribution is 2.42. The van der Waals surface area contributed by atoms with E-state index in [9.17, 15) is 9.59 Å². The first-order valence-corrected chi connectivity index (χ1v) is 9.84. The van der Waals surface area contributed by atoms with Crippen LogP contribution in [0.3, 0.4) is 0 Å². The van der Waals surface area contributed by atoms with E-state index in [0.29, 0.717) is 18.6 Å². The van der Waals surface area contributed by atoms with Crippen molar-refractivity contribution in [2.24, 2.45) is 0 Å². The number of carbonyl (C=O) groups excluding carboxylic acids is 2. The second-order valence-corrected chi connectivity index (χ2v) is 7.14. The van der Waals surface area contributed by atoms with E-state index in [2.05, 4.69) is 5.32 Å². The molecule has 3 rings (SSSR count). The molecule has 4 nitrogen and oxygen atoms in total. The van der Waals surface area contributed by atoms with Crippen molar-refractivity contribution >= 4 is 23.5 Å². The van der Waals surface area contributed by atoms with E-state index in [1.807, 2.05) is 37.4 Å². The monoisotopic (exact) mass is 357 g/mol. The Kier molecular flexibility index (Phi) is 5.33. The largest absolute Gasteiger partial charge is 0.463 e. The molecule has 5 heteroatoms. The van der Waals surface area contributed by atoms with E-state index >= 15 is 0 Å². The highest BCUT2D eigenvalue weighted by atomic mass is 32.2. The Bertz CT molecular complexity index is 762. The third-order valence-electron chi connectivity index (χ3n) is 4.72.